The van der Waals surface area contributed by atoms with Gasteiger partial charge in [0.05, 0.1) is 5.69 Å². The van der Waals surface area contributed by atoms with Gasteiger partial charge < -0.3 is 10.6 Å². The maximum absolute atomic E-state index is 11.1. The van der Waals surface area contributed by atoms with Gasteiger partial charge in [0.15, 0.2) is 0 Å². The van der Waals surface area contributed by atoms with Gasteiger partial charge in [-0.15, -0.1) is 11.3 Å². The van der Waals surface area contributed by atoms with Crippen molar-refractivity contribution in [1.82, 2.24) is 5.32 Å². The van der Waals surface area contributed by atoms with E-state index in [1.807, 2.05) is 35.7 Å². The molecule has 0 radical (unpaired) electrons. The summed E-state index contributed by atoms with van der Waals surface area (Å²) < 4.78 is 0. The molecule has 0 saturated carbocycles. The third kappa shape index (κ3) is 4.07. The van der Waals surface area contributed by atoms with Crippen LogP contribution in [0.4, 0.5) is 5.69 Å². The Hall–Kier alpha value is -1.36. The first-order valence-corrected chi connectivity index (χ1v) is 7.65. The number of benzene rings is 1. The van der Waals surface area contributed by atoms with Crippen molar-refractivity contribution in [2.75, 3.05) is 5.32 Å². The van der Waals surface area contributed by atoms with Crippen molar-refractivity contribution in [2.24, 2.45) is 0 Å². The summed E-state index contributed by atoms with van der Waals surface area (Å²) in [5.74, 6) is -0.0486. The van der Waals surface area contributed by atoms with Gasteiger partial charge in [0.2, 0.25) is 5.91 Å². The average molecular weight is 309 g/mol. The maximum atomic E-state index is 11.1. The highest BCUT2D eigenvalue weighted by molar-refractivity contribution is 7.10. The fourth-order valence-electron chi connectivity index (χ4n) is 1.92. The van der Waals surface area contributed by atoms with Crippen LogP contribution in [0.5, 0.6) is 0 Å². The van der Waals surface area contributed by atoms with Crippen molar-refractivity contribution in [3.63, 3.8) is 0 Å². The molecule has 1 heterocycles. The van der Waals surface area contributed by atoms with E-state index in [0.717, 1.165) is 21.2 Å². The minimum atomic E-state index is -0.0486. The Kier molecular flexibility index (Phi) is 5.17. The Morgan fingerprint density at radius 2 is 2.20 bits per heavy atom. The first-order chi connectivity index (χ1) is 9.56. The predicted molar refractivity (Wildman–Crippen MR) is 85.3 cm³/mol. The second-order valence-corrected chi connectivity index (χ2v) is 6.03. The molecule has 2 rings (SSSR count). The van der Waals surface area contributed by atoms with Crippen molar-refractivity contribution < 1.29 is 4.79 Å². The number of carbonyl (C=O) groups is 1. The predicted octanol–water partition coefficient (Wildman–Crippen LogP) is 4.21. The zero-order valence-corrected chi connectivity index (χ0v) is 13.0. The third-order valence-corrected chi connectivity index (χ3v) is 4.13. The Morgan fingerprint density at radius 3 is 2.90 bits per heavy atom. The summed E-state index contributed by atoms with van der Waals surface area (Å²) in [5.41, 5.74) is 2.03. The number of carbonyl (C=O) groups excluding carboxylic acids is 1. The molecular formula is C15H17ClN2OS. The van der Waals surface area contributed by atoms with Crippen LogP contribution in [0.3, 0.4) is 0 Å². The van der Waals surface area contributed by atoms with Gasteiger partial charge in [-0.2, -0.15) is 0 Å². The van der Waals surface area contributed by atoms with Gasteiger partial charge >= 0.3 is 0 Å². The lowest BCUT2D eigenvalue weighted by Gasteiger charge is -2.14. The standard InChI is InChI=1S/C15H17ClN2OS/c1-10(12-4-3-5-13(16)8-12)17-9-15-14(6-7-20-15)18-11(2)19/h3-8,10,17H,9H2,1-2H3,(H,18,19)/t10-/m1/s1. The molecule has 2 N–H and O–H groups in total. The first kappa shape index (κ1) is 15.0. The summed E-state index contributed by atoms with van der Waals surface area (Å²) in [4.78, 5) is 12.2. The van der Waals surface area contributed by atoms with E-state index in [-0.39, 0.29) is 11.9 Å². The molecule has 0 unspecified atom stereocenters. The molecule has 0 spiro atoms. The van der Waals surface area contributed by atoms with E-state index in [9.17, 15) is 4.79 Å². The van der Waals surface area contributed by atoms with Crippen LogP contribution in [0, 0.1) is 0 Å². The van der Waals surface area contributed by atoms with Crippen molar-refractivity contribution in [1.29, 1.82) is 0 Å². The third-order valence-electron chi connectivity index (χ3n) is 2.97. The van der Waals surface area contributed by atoms with Crippen molar-refractivity contribution in [2.45, 2.75) is 26.4 Å². The maximum Gasteiger partial charge on any atom is 0.221 e. The number of thiophene rings is 1. The van der Waals surface area contributed by atoms with E-state index in [1.165, 1.54) is 6.92 Å². The minimum Gasteiger partial charge on any atom is -0.325 e. The normalized spacial score (nSPS) is 12.2. The zero-order chi connectivity index (χ0) is 14.5. The number of halogens is 1. The van der Waals surface area contributed by atoms with E-state index < -0.39 is 0 Å². The van der Waals surface area contributed by atoms with E-state index in [0.29, 0.717) is 6.54 Å². The van der Waals surface area contributed by atoms with E-state index in [1.54, 1.807) is 11.3 Å². The number of hydrogen-bond acceptors (Lipinski definition) is 3. The van der Waals surface area contributed by atoms with Crippen LogP contribution in [0.2, 0.25) is 5.02 Å². The number of anilines is 1. The topological polar surface area (TPSA) is 41.1 Å². The highest BCUT2D eigenvalue weighted by atomic mass is 35.5. The molecule has 0 aliphatic carbocycles. The molecule has 1 amide bonds. The van der Waals surface area contributed by atoms with E-state index in [2.05, 4.69) is 17.6 Å². The molecule has 0 bridgehead atoms. The van der Waals surface area contributed by atoms with Crippen LogP contribution in [0.25, 0.3) is 0 Å². The molecule has 0 fully saturated rings. The summed E-state index contributed by atoms with van der Waals surface area (Å²) in [6.45, 7) is 4.32. The van der Waals surface area contributed by atoms with Gasteiger partial charge in [-0.25, -0.2) is 0 Å². The fraction of sp³-hybridized carbons (Fsp3) is 0.267. The van der Waals surface area contributed by atoms with Crippen molar-refractivity contribution in [3.05, 3.63) is 51.2 Å². The Balaban J connectivity index is 1.98. The molecule has 2 aromatic rings. The smallest absolute Gasteiger partial charge is 0.221 e. The summed E-state index contributed by atoms with van der Waals surface area (Å²) in [6.07, 6.45) is 0. The summed E-state index contributed by atoms with van der Waals surface area (Å²) in [5, 5.41) is 9.00. The van der Waals surface area contributed by atoms with Gasteiger partial charge in [-0.05, 0) is 36.1 Å². The first-order valence-electron chi connectivity index (χ1n) is 6.39. The van der Waals surface area contributed by atoms with Gasteiger partial charge in [0.25, 0.3) is 0 Å². The highest BCUT2D eigenvalue weighted by Gasteiger charge is 2.09. The van der Waals surface area contributed by atoms with Gasteiger partial charge in [0, 0.05) is 29.4 Å². The summed E-state index contributed by atoms with van der Waals surface area (Å²) >= 11 is 7.63. The Bertz CT molecular complexity index is 597. The summed E-state index contributed by atoms with van der Waals surface area (Å²) in [7, 11) is 0. The van der Waals surface area contributed by atoms with Gasteiger partial charge in [0.1, 0.15) is 0 Å². The molecule has 20 heavy (non-hydrogen) atoms. The Labute approximate surface area is 128 Å². The van der Waals surface area contributed by atoms with Gasteiger partial charge in [-0.1, -0.05) is 23.7 Å². The van der Waals surface area contributed by atoms with Crippen LogP contribution in [-0.4, -0.2) is 5.91 Å². The lowest BCUT2D eigenvalue weighted by atomic mass is 10.1. The van der Waals surface area contributed by atoms with Crippen LogP contribution in [0.1, 0.15) is 30.3 Å². The second kappa shape index (κ2) is 6.88. The van der Waals surface area contributed by atoms with Gasteiger partial charge in [-0.3, -0.25) is 4.79 Å². The Morgan fingerprint density at radius 1 is 1.40 bits per heavy atom. The average Bonchev–Trinajstić information content (AvgIpc) is 2.82. The zero-order valence-electron chi connectivity index (χ0n) is 11.4. The summed E-state index contributed by atoms with van der Waals surface area (Å²) in [6, 6.07) is 9.94. The quantitative estimate of drug-likeness (QED) is 0.868. The highest BCUT2D eigenvalue weighted by Crippen LogP contribution is 2.24. The second-order valence-electron chi connectivity index (χ2n) is 4.60. The number of amides is 1. The van der Waals surface area contributed by atoms with Crippen molar-refractivity contribution in [3.8, 4) is 0 Å². The molecule has 5 heteroatoms. The van der Waals surface area contributed by atoms with E-state index in [4.69, 9.17) is 11.6 Å². The molecule has 0 aliphatic rings. The lowest BCUT2D eigenvalue weighted by molar-refractivity contribution is -0.114. The fourth-order valence-corrected chi connectivity index (χ4v) is 2.90. The van der Waals surface area contributed by atoms with Crippen LogP contribution >= 0.6 is 22.9 Å². The molecule has 1 aromatic carbocycles. The largest absolute Gasteiger partial charge is 0.325 e. The van der Waals surface area contributed by atoms with Crippen molar-refractivity contribution >= 4 is 34.5 Å². The van der Waals surface area contributed by atoms with Crippen LogP contribution in [0.15, 0.2) is 35.7 Å². The molecule has 3 nitrogen and oxygen atoms in total. The molecule has 0 saturated heterocycles. The molecule has 0 aliphatic heterocycles. The molecular weight excluding hydrogens is 292 g/mol. The van der Waals surface area contributed by atoms with Crippen LogP contribution in [-0.2, 0) is 11.3 Å². The molecule has 106 valence electrons. The van der Waals surface area contributed by atoms with Crippen LogP contribution < -0.4 is 10.6 Å². The number of nitrogens with one attached hydrogen (secondary N) is 2. The monoisotopic (exact) mass is 308 g/mol. The molecule has 1 aromatic heterocycles. The minimum absolute atomic E-state index is 0.0486. The van der Waals surface area contributed by atoms with E-state index >= 15 is 0 Å². The number of rotatable bonds is 5. The lowest BCUT2D eigenvalue weighted by Crippen LogP contribution is -2.18. The number of hydrogen-bond donors (Lipinski definition) is 2. The SMILES string of the molecule is CC(=O)Nc1ccsc1CN[C@H](C)c1cccc(Cl)c1. The molecule has 1 atom stereocenters.